The number of guanidine groups is 1. The first-order chi connectivity index (χ1) is 10.3. The van der Waals surface area contributed by atoms with Gasteiger partial charge in [0.25, 0.3) is 0 Å². The third kappa shape index (κ3) is 5.19. The largest absolute Gasteiger partial charge is 0.356 e. The third-order valence-electron chi connectivity index (χ3n) is 3.12. The van der Waals surface area contributed by atoms with Crippen molar-refractivity contribution in [2.75, 3.05) is 13.6 Å². The van der Waals surface area contributed by atoms with Crippen LogP contribution in [0.1, 0.15) is 22.4 Å². The van der Waals surface area contributed by atoms with Gasteiger partial charge in [-0.25, -0.2) is 0 Å². The van der Waals surface area contributed by atoms with E-state index in [2.05, 4.69) is 39.7 Å². The molecule has 2 heterocycles. The number of aliphatic imine (C=N–C) groups is 1. The fourth-order valence-electron chi connectivity index (χ4n) is 1.95. The second-order valence-corrected chi connectivity index (χ2v) is 5.90. The van der Waals surface area contributed by atoms with E-state index in [9.17, 15) is 0 Å². The van der Waals surface area contributed by atoms with E-state index in [0.717, 1.165) is 37.6 Å². The Kier molecular flexibility index (Phi) is 6.22. The Morgan fingerprint density at radius 3 is 2.71 bits per heavy atom. The van der Waals surface area contributed by atoms with Crippen LogP contribution in [0.25, 0.3) is 0 Å². The van der Waals surface area contributed by atoms with E-state index in [-0.39, 0.29) is 0 Å². The van der Waals surface area contributed by atoms with Gasteiger partial charge >= 0.3 is 0 Å². The van der Waals surface area contributed by atoms with E-state index < -0.39 is 0 Å². The minimum Gasteiger partial charge on any atom is -0.356 e. The summed E-state index contributed by atoms with van der Waals surface area (Å²) < 4.78 is 0. The van der Waals surface area contributed by atoms with E-state index in [4.69, 9.17) is 0 Å². The van der Waals surface area contributed by atoms with E-state index in [1.807, 2.05) is 35.7 Å². The molecule has 112 valence electrons. The molecule has 21 heavy (non-hydrogen) atoms. The maximum Gasteiger partial charge on any atom is 0.191 e. The summed E-state index contributed by atoms with van der Waals surface area (Å²) in [6.45, 7) is 3.82. The topological polar surface area (TPSA) is 49.3 Å². The molecule has 0 aliphatic carbocycles. The van der Waals surface area contributed by atoms with Gasteiger partial charge in [-0.1, -0.05) is 13.0 Å². The molecule has 0 saturated carbocycles. The Balaban J connectivity index is 1.73. The van der Waals surface area contributed by atoms with Gasteiger partial charge in [0.05, 0.1) is 6.54 Å². The zero-order chi connectivity index (χ0) is 14.9. The normalized spacial score (nSPS) is 11.4. The number of hydrogen-bond acceptors (Lipinski definition) is 3. The van der Waals surface area contributed by atoms with E-state index in [1.54, 1.807) is 7.05 Å². The van der Waals surface area contributed by atoms with Crippen LogP contribution in [0.5, 0.6) is 0 Å². The maximum atomic E-state index is 4.31. The number of aryl methyl sites for hydroxylation is 1. The van der Waals surface area contributed by atoms with Crippen LogP contribution in [0.15, 0.2) is 41.5 Å². The Morgan fingerprint density at radius 1 is 1.19 bits per heavy atom. The molecule has 0 aliphatic heterocycles. The summed E-state index contributed by atoms with van der Waals surface area (Å²) in [7, 11) is 1.79. The molecule has 2 N–H and O–H groups in total. The number of rotatable bonds is 6. The van der Waals surface area contributed by atoms with Gasteiger partial charge < -0.3 is 10.6 Å². The second kappa shape index (κ2) is 8.42. The second-order valence-electron chi connectivity index (χ2n) is 4.65. The van der Waals surface area contributed by atoms with Crippen molar-refractivity contribution in [3.8, 4) is 0 Å². The molecule has 0 fully saturated rings. The summed E-state index contributed by atoms with van der Waals surface area (Å²) in [5.41, 5.74) is 1.09. The average molecular weight is 302 g/mol. The summed E-state index contributed by atoms with van der Waals surface area (Å²) in [5.74, 6) is 0.831. The Labute approximate surface area is 130 Å². The lowest BCUT2D eigenvalue weighted by atomic mass is 10.3. The summed E-state index contributed by atoms with van der Waals surface area (Å²) in [6.07, 6.45) is 3.81. The summed E-state index contributed by atoms with van der Waals surface area (Å²) >= 11 is 1.85. The number of pyridine rings is 1. The molecule has 5 heteroatoms. The molecule has 0 atom stereocenters. The van der Waals surface area contributed by atoms with Crippen LogP contribution >= 0.6 is 11.3 Å². The van der Waals surface area contributed by atoms with Crippen molar-refractivity contribution in [1.29, 1.82) is 0 Å². The van der Waals surface area contributed by atoms with Gasteiger partial charge in [-0.3, -0.25) is 9.98 Å². The van der Waals surface area contributed by atoms with Gasteiger partial charge in [0.1, 0.15) is 0 Å². The fraction of sp³-hybridized carbons (Fsp3) is 0.375. The van der Waals surface area contributed by atoms with Crippen LogP contribution in [-0.4, -0.2) is 24.5 Å². The number of nitrogens with one attached hydrogen (secondary N) is 2. The highest BCUT2D eigenvalue weighted by molar-refractivity contribution is 7.11. The maximum absolute atomic E-state index is 4.31. The smallest absolute Gasteiger partial charge is 0.191 e. The van der Waals surface area contributed by atoms with Gasteiger partial charge in [0, 0.05) is 41.7 Å². The minimum absolute atomic E-state index is 0.813. The highest BCUT2D eigenvalue weighted by atomic mass is 32.1. The molecule has 0 aliphatic rings. The first-order valence-corrected chi connectivity index (χ1v) is 8.05. The predicted octanol–water partition coefficient (Wildman–Crippen LogP) is 2.61. The van der Waals surface area contributed by atoms with Crippen LogP contribution in [-0.2, 0) is 19.4 Å². The third-order valence-corrected chi connectivity index (χ3v) is 4.35. The molecule has 0 saturated heterocycles. The SMILES string of the molecule is CCc1ccc(CNC(=NC)NCCc2ccccn2)s1. The lowest BCUT2D eigenvalue weighted by Crippen LogP contribution is -2.37. The highest BCUT2D eigenvalue weighted by Crippen LogP contribution is 2.16. The number of aromatic nitrogens is 1. The predicted molar refractivity (Wildman–Crippen MR) is 89.8 cm³/mol. The molecule has 0 radical (unpaired) electrons. The lowest BCUT2D eigenvalue weighted by Gasteiger charge is -2.10. The zero-order valence-corrected chi connectivity index (χ0v) is 13.4. The summed E-state index contributed by atoms with van der Waals surface area (Å²) in [4.78, 5) is 11.3. The van der Waals surface area contributed by atoms with E-state index in [0.29, 0.717) is 0 Å². The fourth-order valence-corrected chi connectivity index (χ4v) is 2.85. The quantitative estimate of drug-likeness (QED) is 0.637. The van der Waals surface area contributed by atoms with Crippen molar-refractivity contribution < 1.29 is 0 Å². The van der Waals surface area contributed by atoms with E-state index >= 15 is 0 Å². The average Bonchev–Trinajstić information content (AvgIpc) is 3.00. The molecule has 0 aromatic carbocycles. The van der Waals surface area contributed by atoms with Crippen LogP contribution in [0.2, 0.25) is 0 Å². The van der Waals surface area contributed by atoms with Gasteiger partial charge in [-0.05, 0) is 30.7 Å². The molecule has 0 bridgehead atoms. The number of hydrogen-bond donors (Lipinski definition) is 2. The van der Waals surface area contributed by atoms with Gasteiger partial charge in [-0.2, -0.15) is 0 Å². The Bertz CT molecular complexity index is 563. The van der Waals surface area contributed by atoms with Crippen molar-refractivity contribution in [1.82, 2.24) is 15.6 Å². The molecule has 0 spiro atoms. The highest BCUT2D eigenvalue weighted by Gasteiger charge is 2.01. The van der Waals surface area contributed by atoms with Crippen molar-refractivity contribution in [3.05, 3.63) is 52.0 Å². The standard InChI is InChI=1S/C16H22N4S/c1-3-14-7-8-15(21-14)12-20-16(17-2)19-11-9-13-6-4-5-10-18-13/h4-8,10H,3,9,11-12H2,1-2H3,(H2,17,19,20). The van der Waals surface area contributed by atoms with Crippen LogP contribution in [0.3, 0.4) is 0 Å². The zero-order valence-electron chi connectivity index (χ0n) is 12.6. The molecule has 4 nitrogen and oxygen atoms in total. The van der Waals surface area contributed by atoms with Crippen molar-refractivity contribution in [3.63, 3.8) is 0 Å². The Morgan fingerprint density at radius 2 is 2.05 bits per heavy atom. The number of thiophene rings is 1. The van der Waals surface area contributed by atoms with Crippen molar-refractivity contribution in [2.45, 2.75) is 26.3 Å². The van der Waals surface area contributed by atoms with Crippen LogP contribution in [0, 0.1) is 0 Å². The van der Waals surface area contributed by atoms with Crippen LogP contribution in [0.4, 0.5) is 0 Å². The summed E-state index contributed by atoms with van der Waals surface area (Å²) in [6, 6.07) is 10.4. The molecule has 0 unspecified atom stereocenters. The van der Waals surface area contributed by atoms with Crippen LogP contribution < -0.4 is 10.6 Å². The monoisotopic (exact) mass is 302 g/mol. The van der Waals surface area contributed by atoms with Crippen molar-refractivity contribution >= 4 is 17.3 Å². The Hall–Kier alpha value is -1.88. The lowest BCUT2D eigenvalue weighted by molar-refractivity contribution is 0.788. The molecule has 2 aromatic rings. The first-order valence-electron chi connectivity index (χ1n) is 7.24. The molecular weight excluding hydrogens is 280 g/mol. The van der Waals surface area contributed by atoms with Gasteiger partial charge in [0.15, 0.2) is 5.96 Å². The number of nitrogens with zero attached hydrogens (tertiary/aromatic N) is 2. The summed E-state index contributed by atoms with van der Waals surface area (Å²) in [5, 5.41) is 6.65. The minimum atomic E-state index is 0.813. The molecule has 0 amide bonds. The first kappa shape index (κ1) is 15.5. The van der Waals surface area contributed by atoms with E-state index in [1.165, 1.54) is 9.75 Å². The van der Waals surface area contributed by atoms with Crippen molar-refractivity contribution in [2.24, 2.45) is 4.99 Å². The van der Waals surface area contributed by atoms with Gasteiger partial charge in [0.2, 0.25) is 0 Å². The molecule has 2 rings (SSSR count). The molecule has 2 aromatic heterocycles. The molecular formula is C16H22N4S. The van der Waals surface area contributed by atoms with Gasteiger partial charge in [-0.15, -0.1) is 11.3 Å².